The van der Waals surface area contributed by atoms with Gasteiger partial charge < -0.3 is 0 Å². The fourth-order valence-electron chi connectivity index (χ4n) is 1.000. The summed E-state index contributed by atoms with van der Waals surface area (Å²) in [6.45, 7) is 32.0. The standard InChI is InChI=1S/4C4H8.8C2H6.2CH4/c4*1-2-4-3-1;8*1-2;;/h4*1-4H2;8*1-2H3;2*1H4. The first kappa shape index (κ1) is 64.3. The van der Waals surface area contributed by atoms with Crippen molar-refractivity contribution in [3.8, 4) is 0 Å². The van der Waals surface area contributed by atoms with E-state index in [1.807, 2.05) is 111 Å². The minimum absolute atomic E-state index is 0. The van der Waals surface area contributed by atoms with Crippen LogP contribution in [0.5, 0.6) is 0 Å². The molecule has 0 N–H and O–H groups in total. The lowest BCUT2D eigenvalue weighted by molar-refractivity contribution is 0.504. The Hall–Kier alpha value is 0. The lowest BCUT2D eigenvalue weighted by Gasteiger charge is -2.05. The first-order valence-electron chi connectivity index (χ1n) is 16.0. The molecule has 0 heteroatoms. The summed E-state index contributed by atoms with van der Waals surface area (Å²) in [4.78, 5) is 0. The van der Waals surface area contributed by atoms with Crippen LogP contribution in [0.2, 0.25) is 0 Å². The molecule has 4 aliphatic carbocycles. The fraction of sp³-hybridized carbons (Fsp3) is 1.00. The summed E-state index contributed by atoms with van der Waals surface area (Å²) in [6, 6.07) is 0. The van der Waals surface area contributed by atoms with Crippen LogP contribution in [-0.2, 0) is 0 Å². The van der Waals surface area contributed by atoms with E-state index in [0.29, 0.717) is 0 Å². The average Bonchev–Trinajstić information content (AvgIpc) is 2.75. The minimum atomic E-state index is 0. The highest BCUT2D eigenvalue weighted by molar-refractivity contribution is 4.52. The quantitative estimate of drug-likeness (QED) is 0.312. The minimum Gasteiger partial charge on any atom is -0.0776 e. The Balaban J connectivity index is -0.0000000235. The van der Waals surface area contributed by atoms with E-state index in [1.54, 1.807) is 0 Å². The van der Waals surface area contributed by atoms with Crippen LogP contribution >= 0.6 is 0 Å². The summed E-state index contributed by atoms with van der Waals surface area (Å²) in [7, 11) is 0. The molecule has 4 saturated carbocycles. The molecule has 4 rings (SSSR count). The summed E-state index contributed by atoms with van der Waals surface area (Å²) < 4.78 is 0. The maximum atomic E-state index is 2.00. The summed E-state index contributed by atoms with van der Waals surface area (Å²) in [5.74, 6) is 0. The highest BCUT2D eigenvalue weighted by atomic mass is 14.0. The van der Waals surface area contributed by atoms with E-state index >= 15 is 0 Å². The highest BCUT2D eigenvalue weighted by Gasteiger charge is 1.96. The van der Waals surface area contributed by atoms with Crippen LogP contribution in [0, 0.1) is 0 Å². The molecule has 34 heavy (non-hydrogen) atoms. The monoisotopic (exact) mass is 497 g/mol. The average molecular weight is 497 g/mol. The molecule has 0 aliphatic heterocycles. The van der Waals surface area contributed by atoms with Gasteiger partial charge in [0.25, 0.3) is 0 Å². The first-order valence-corrected chi connectivity index (χ1v) is 16.0. The van der Waals surface area contributed by atoms with E-state index in [-0.39, 0.29) is 14.9 Å². The topological polar surface area (TPSA) is 0 Å². The predicted molar refractivity (Wildman–Crippen MR) is 178 cm³/mol. The van der Waals surface area contributed by atoms with Crippen molar-refractivity contribution in [2.24, 2.45) is 0 Å². The van der Waals surface area contributed by atoms with Gasteiger partial charge in [-0.3, -0.25) is 0 Å². The highest BCUT2D eigenvalue weighted by Crippen LogP contribution is 2.16. The van der Waals surface area contributed by atoms with Crippen LogP contribution in [0.4, 0.5) is 0 Å². The van der Waals surface area contributed by atoms with Crippen molar-refractivity contribution >= 4 is 0 Å². The lowest BCUT2D eigenvalue weighted by Crippen LogP contribution is -1.85. The molecule has 4 fully saturated rings. The molecule has 0 aromatic carbocycles. The van der Waals surface area contributed by atoms with Crippen LogP contribution in [0.15, 0.2) is 0 Å². The molecule has 0 amide bonds. The van der Waals surface area contributed by atoms with E-state index in [0.717, 1.165) is 0 Å². The van der Waals surface area contributed by atoms with Gasteiger partial charge >= 0.3 is 0 Å². The molecular weight excluding hydrogens is 408 g/mol. The molecular formula is C34H88. The first-order chi connectivity index (χ1) is 16.0. The predicted octanol–water partition coefficient (Wildman–Crippen LogP) is 15.7. The van der Waals surface area contributed by atoms with Gasteiger partial charge in [-0.15, -0.1) is 0 Å². The largest absolute Gasteiger partial charge is 0.0776 e. The van der Waals surface area contributed by atoms with Crippen LogP contribution in [-0.4, -0.2) is 0 Å². The Morgan fingerprint density at radius 1 is 0.147 bits per heavy atom. The van der Waals surface area contributed by atoms with Gasteiger partial charge in [0.2, 0.25) is 0 Å². The molecule has 0 aromatic rings. The van der Waals surface area contributed by atoms with Crippen LogP contribution in [0.3, 0.4) is 0 Å². The second-order valence-electron chi connectivity index (χ2n) is 5.66. The Morgan fingerprint density at radius 2 is 0.176 bits per heavy atom. The van der Waals surface area contributed by atoms with Crippen molar-refractivity contribution < 1.29 is 0 Å². The van der Waals surface area contributed by atoms with E-state index in [1.165, 1.54) is 103 Å². The van der Waals surface area contributed by atoms with Crippen molar-refractivity contribution in [2.75, 3.05) is 0 Å². The zero-order valence-electron chi connectivity index (χ0n) is 27.3. The third-order valence-electron chi connectivity index (χ3n) is 4.00. The SMILES string of the molecule is C.C.C1CCC1.C1CCC1.C1CCC1.C1CCC1.CC.CC.CC.CC.CC.CC.CC.CC. The van der Waals surface area contributed by atoms with Crippen LogP contribution in [0.1, 0.15) is 228 Å². The van der Waals surface area contributed by atoms with Gasteiger partial charge in [0.1, 0.15) is 0 Å². The van der Waals surface area contributed by atoms with Crippen molar-refractivity contribution in [3.05, 3.63) is 0 Å². The fourth-order valence-corrected chi connectivity index (χ4v) is 1.000. The Morgan fingerprint density at radius 3 is 0.176 bits per heavy atom. The molecule has 0 unspecified atom stereocenters. The molecule has 0 spiro atoms. The molecule has 224 valence electrons. The maximum absolute atomic E-state index is 2.00. The lowest BCUT2D eigenvalue weighted by atomic mass is 10.0. The third kappa shape index (κ3) is 120. The summed E-state index contributed by atoms with van der Waals surface area (Å²) in [5.41, 5.74) is 0. The molecule has 0 heterocycles. The van der Waals surface area contributed by atoms with Gasteiger partial charge in [0.15, 0.2) is 0 Å². The summed E-state index contributed by atoms with van der Waals surface area (Å²) in [6.07, 6.45) is 24.0. The molecule has 0 radical (unpaired) electrons. The van der Waals surface area contributed by atoms with E-state index in [4.69, 9.17) is 0 Å². The van der Waals surface area contributed by atoms with Crippen molar-refractivity contribution in [2.45, 2.75) is 228 Å². The number of hydrogen-bond donors (Lipinski definition) is 0. The van der Waals surface area contributed by atoms with Crippen LogP contribution < -0.4 is 0 Å². The second-order valence-corrected chi connectivity index (χ2v) is 5.66. The normalized spacial score (nSPS) is 12.7. The van der Waals surface area contributed by atoms with Gasteiger partial charge in [-0.25, -0.2) is 0 Å². The molecule has 0 saturated heterocycles. The maximum Gasteiger partial charge on any atom is -0.0533 e. The Bertz CT molecular complexity index is 64.0. The van der Waals surface area contributed by atoms with Gasteiger partial charge in [0.05, 0.1) is 0 Å². The van der Waals surface area contributed by atoms with Gasteiger partial charge in [-0.05, 0) is 0 Å². The van der Waals surface area contributed by atoms with E-state index < -0.39 is 0 Å². The molecule has 0 bridgehead atoms. The van der Waals surface area contributed by atoms with Crippen molar-refractivity contribution in [3.63, 3.8) is 0 Å². The Kier molecular flexibility index (Phi) is 250. The van der Waals surface area contributed by atoms with Gasteiger partial charge in [-0.2, -0.15) is 0 Å². The second kappa shape index (κ2) is 132. The number of rotatable bonds is 0. The Labute approximate surface area is 228 Å². The molecule has 0 atom stereocenters. The summed E-state index contributed by atoms with van der Waals surface area (Å²) in [5, 5.41) is 0. The zero-order chi connectivity index (χ0) is 27.3. The van der Waals surface area contributed by atoms with Crippen molar-refractivity contribution in [1.82, 2.24) is 0 Å². The van der Waals surface area contributed by atoms with Crippen LogP contribution in [0.25, 0.3) is 0 Å². The van der Waals surface area contributed by atoms with Gasteiger partial charge in [-0.1, -0.05) is 228 Å². The number of hydrogen-bond acceptors (Lipinski definition) is 0. The zero-order valence-corrected chi connectivity index (χ0v) is 27.3. The third-order valence-corrected chi connectivity index (χ3v) is 4.00. The molecule has 0 nitrogen and oxygen atoms in total. The van der Waals surface area contributed by atoms with Crippen molar-refractivity contribution in [1.29, 1.82) is 0 Å². The van der Waals surface area contributed by atoms with Gasteiger partial charge in [0, 0.05) is 0 Å². The summed E-state index contributed by atoms with van der Waals surface area (Å²) >= 11 is 0. The van der Waals surface area contributed by atoms with E-state index in [2.05, 4.69) is 0 Å². The van der Waals surface area contributed by atoms with E-state index in [9.17, 15) is 0 Å². The molecule has 0 aromatic heterocycles. The molecule has 4 aliphatic rings. The smallest absolute Gasteiger partial charge is 0.0533 e.